The summed E-state index contributed by atoms with van der Waals surface area (Å²) in [5, 5.41) is 3.35. The van der Waals surface area contributed by atoms with Gasteiger partial charge in [0.15, 0.2) is 9.47 Å². The highest BCUT2D eigenvalue weighted by Crippen LogP contribution is 2.38. The van der Waals surface area contributed by atoms with Crippen molar-refractivity contribution in [3.8, 4) is 0 Å². The predicted octanol–water partition coefficient (Wildman–Crippen LogP) is 5.30. The van der Waals surface area contributed by atoms with Crippen LogP contribution in [0, 0.1) is 5.92 Å². The molecule has 0 atom stereocenters. The first-order valence-corrected chi connectivity index (χ1v) is 14.8. The molecule has 0 unspecified atom stereocenters. The lowest BCUT2D eigenvalue weighted by molar-refractivity contribution is 0.102. The maximum absolute atomic E-state index is 12.9. The molecule has 1 aliphatic rings. The molecule has 172 valence electrons. The number of rotatable bonds is 5. The van der Waals surface area contributed by atoms with Gasteiger partial charge in [0, 0.05) is 18.7 Å². The Labute approximate surface area is 204 Å². The molecule has 2 aromatic heterocycles. The molecule has 1 N–H and O–H groups in total. The fourth-order valence-electron chi connectivity index (χ4n) is 3.82. The first-order valence-electron chi connectivity index (χ1n) is 10.5. The lowest BCUT2D eigenvalue weighted by atomic mass is 10.0. The molecule has 33 heavy (non-hydrogen) atoms. The fourth-order valence-corrected chi connectivity index (χ4v) is 7.94. The number of anilines is 1. The number of hydrogen-bond donors (Lipinski definition) is 1. The number of piperidine rings is 1. The van der Waals surface area contributed by atoms with Crippen LogP contribution in [-0.4, -0.2) is 47.9 Å². The Balaban J connectivity index is 1.34. The standard InChI is InChI=1S/C22H22N4O3S4/c1-13-9-11-26(12-10-13)33(28,29)15-5-3-14(4-6-15)20(27)25-21-23-16-7-8-17-19(18(16)31-21)32-22(24-17)30-2/h3-8,13H,9-12H2,1-2H3,(H,23,25,27). The average Bonchev–Trinajstić information content (AvgIpc) is 3.42. The fraction of sp³-hybridized carbons (Fsp3) is 0.318. The second kappa shape index (κ2) is 8.95. The van der Waals surface area contributed by atoms with Crippen molar-refractivity contribution in [2.75, 3.05) is 24.7 Å². The van der Waals surface area contributed by atoms with E-state index in [-0.39, 0.29) is 10.8 Å². The summed E-state index contributed by atoms with van der Waals surface area (Å²) in [7, 11) is -3.54. The second-order valence-electron chi connectivity index (χ2n) is 8.03. The highest BCUT2D eigenvalue weighted by atomic mass is 32.2. The SMILES string of the molecule is CSc1nc2ccc3nc(NC(=O)c4ccc(S(=O)(=O)N5CCC(C)CC5)cc4)sc3c2s1. The Bertz CT molecular complexity index is 1440. The lowest BCUT2D eigenvalue weighted by Crippen LogP contribution is -2.37. The van der Waals surface area contributed by atoms with Gasteiger partial charge in [0.25, 0.3) is 5.91 Å². The maximum Gasteiger partial charge on any atom is 0.257 e. The summed E-state index contributed by atoms with van der Waals surface area (Å²) in [4.78, 5) is 22.1. The molecule has 11 heteroatoms. The van der Waals surface area contributed by atoms with E-state index in [2.05, 4.69) is 22.2 Å². The third-order valence-electron chi connectivity index (χ3n) is 5.78. The number of thioether (sulfide) groups is 1. The highest BCUT2D eigenvalue weighted by molar-refractivity contribution is 8.00. The summed E-state index contributed by atoms with van der Waals surface area (Å²) >= 11 is 4.64. The van der Waals surface area contributed by atoms with Crippen LogP contribution in [0.4, 0.5) is 5.13 Å². The third kappa shape index (κ3) is 4.40. The van der Waals surface area contributed by atoms with Crippen LogP contribution in [-0.2, 0) is 10.0 Å². The van der Waals surface area contributed by atoms with Crippen molar-refractivity contribution < 1.29 is 13.2 Å². The van der Waals surface area contributed by atoms with Gasteiger partial charge in [-0.1, -0.05) is 30.0 Å². The van der Waals surface area contributed by atoms with Crippen molar-refractivity contribution >= 4 is 75.9 Å². The van der Waals surface area contributed by atoms with Gasteiger partial charge in [0.1, 0.15) is 0 Å². The summed E-state index contributed by atoms with van der Waals surface area (Å²) in [5.41, 5.74) is 2.13. The molecule has 0 radical (unpaired) electrons. The number of hydrogen-bond acceptors (Lipinski definition) is 8. The van der Waals surface area contributed by atoms with Crippen LogP contribution in [0.3, 0.4) is 0 Å². The lowest BCUT2D eigenvalue weighted by Gasteiger charge is -2.29. The zero-order valence-corrected chi connectivity index (χ0v) is 21.3. The molecule has 7 nitrogen and oxygen atoms in total. The van der Waals surface area contributed by atoms with E-state index < -0.39 is 10.0 Å². The van der Waals surface area contributed by atoms with Gasteiger partial charge in [0.2, 0.25) is 10.0 Å². The molecule has 5 rings (SSSR count). The Hall–Kier alpha value is -2.05. The van der Waals surface area contributed by atoms with Gasteiger partial charge in [-0.2, -0.15) is 4.31 Å². The molecule has 3 heterocycles. The number of sulfonamides is 1. The van der Waals surface area contributed by atoms with Gasteiger partial charge in [0.05, 0.1) is 25.3 Å². The number of carbonyl (C=O) groups excluding carboxylic acids is 1. The monoisotopic (exact) mass is 518 g/mol. The number of amides is 1. The summed E-state index contributed by atoms with van der Waals surface area (Å²) in [6, 6.07) is 9.97. The van der Waals surface area contributed by atoms with Crippen molar-refractivity contribution in [1.29, 1.82) is 0 Å². The van der Waals surface area contributed by atoms with Crippen molar-refractivity contribution in [3.05, 3.63) is 42.0 Å². The average molecular weight is 519 g/mol. The number of nitrogens with one attached hydrogen (secondary N) is 1. The molecular weight excluding hydrogens is 497 g/mol. The topological polar surface area (TPSA) is 92.3 Å². The van der Waals surface area contributed by atoms with E-state index in [9.17, 15) is 13.2 Å². The molecule has 1 aliphatic heterocycles. The van der Waals surface area contributed by atoms with E-state index in [0.29, 0.717) is 29.7 Å². The van der Waals surface area contributed by atoms with Gasteiger partial charge >= 0.3 is 0 Å². The minimum absolute atomic E-state index is 0.214. The van der Waals surface area contributed by atoms with E-state index >= 15 is 0 Å². The van der Waals surface area contributed by atoms with E-state index in [1.165, 1.54) is 27.8 Å². The predicted molar refractivity (Wildman–Crippen MR) is 136 cm³/mol. The summed E-state index contributed by atoms with van der Waals surface area (Å²) in [6.45, 7) is 3.22. The van der Waals surface area contributed by atoms with Crippen molar-refractivity contribution in [2.45, 2.75) is 29.0 Å². The molecule has 0 spiro atoms. The number of carbonyl (C=O) groups is 1. The van der Waals surface area contributed by atoms with Crippen LogP contribution in [0.2, 0.25) is 0 Å². The number of benzene rings is 2. The summed E-state index contributed by atoms with van der Waals surface area (Å²) in [6.07, 6.45) is 3.74. The van der Waals surface area contributed by atoms with Crippen LogP contribution in [0.1, 0.15) is 30.1 Å². The molecule has 1 saturated heterocycles. The molecule has 4 aromatic rings. The van der Waals surface area contributed by atoms with Crippen LogP contribution in [0.15, 0.2) is 45.6 Å². The van der Waals surface area contributed by atoms with Crippen LogP contribution in [0.25, 0.3) is 20.4 Å². The van der Waals surface area contributed by atoms with E-state index in [1.54, 1.807) is 35.2 Å². The number of fused-ring (bicyclic) bond motifs is 3. The Morgan fingerprint density at radius 1 is 1.03 bits per heavy atom. The molecule has 1 fully saturated rings. The van der Waals surface area contributed by atoms with Crippen molar-refractivity contribution in [1.82, 2.24) is 14.3 Å². The van der Waals surface area contributed by atoms with E-state index in [1.807, 2.05) is 18.4 Å². The third-order valence-corrected chi connectivity index (χ3v) is 10.9. The molecule has 1 amide bonds. The maximum atomic E-state index is 12.9. The Morgan fingerprint density at radius 3 is 2.33 bits per heavy atom. The highest BCUT2D eigenvalue weighted by Gasteiger charge is 2.28. The molecule has 0 bridgehead atoms. The van der Waals surface area contributed by atoms with Gasteiger partial charge in [-0.05, 0) is 61.4 Å². The Kier molecular flexibility index (Phi) is 6.17. The Morgan fingerprint density at radius 2 is 1.67 bits per heavy atom. The van der Waals surface area contributed by atoms with E-state index in [4.69, 9.17) is 0 Å². The van der Waals surface area contributed by atoms with E-state index in [0.717, 1.165) is 37.6 Å². The number of nitrogens with zero attached hydrogens (tertiary/aromatic N) is 3. The van der Waals surface area contributed by atoms with Crippen LogP contribution < -0.4 is 5.32 Å². The van der Waals surface area contributed by atoms with Crippen LogP contribution in [0.5, 0.6) is 0 Å². The zero-order chi connectivity index (χ0) is 23.2. The first kappa shape index (κ1) is 22.7. The molecule has 2 aromatic carbocycles. The number of thiazole rings is 2. The molecular formula is C22H22N4O3S4. The minimum Gasteiger partial charge on any atom is -0.298 e. The van der Waals surface area contributed by atoms with Gasteiger partial charge < -0.3 is 0 Å². The largest absolute Gasteiger partial charge is 0.298 e. The smallest absolute Gasteiger partial charge is 0.257 e. The molecule has 0 saturated carbocycles. The van der Waals surface area contributed by atoms with Gasteiger partial charge in [-0.25, -0.2) is 18.4 Å². The van der Waals surface area contributed by atoms with Gasteiger partial charge in [-0.3, -0.25) is 10.1 Å². The van der Waals surface area contributed by atoms with Crippen molar-refractivity contribution in [2.24, 2.45) is 5.92 Å². The first-order chi connectivity index (χ1) is 15.8. The second-order valence-corrected chi connectivity index (χ2v) is 13.0. The quantitative estimate of drug-likeness (QED) is 0.361. The summed E-state index contributed by atoms with van der Waals surface area (Å²) in [5.74, 6) is 0.222. The van der Waals surface area contributed by atoms with Crippen molar-refractivity contribution in [3.63, 3.8) is 0 Å². The normalized spacial score (nSPS) is 15.9. The van der Waals surface area contributed by atoms with Gasteiger partial charge in [-0.15, -0.1) is 11.3 Å². The zero-order valence-electron chi connectivity index (χ0n) is 18.1. The summed E-state index contributed by atoms with van der Waals surface area (Å²) < 4.78 is 30.4. The number of aromatic nitrogens is 2. The molecule has 0 aliphatic carbocycles. The minimum atomic E-state index is -3.54. The van der Waals surface area contributed by atoms with Crippen LogP contribution >= 0.6 is 34.4 Å².